The lowest BCUT2D eigenvalue weighted by atomic mass is 9.75. The van der Waals surface area contributed by atoms with Crippen LogP contribution in [0.1, 0.15) is 25.8 Å². The van der Waals surface area contributed by atoms with Crippen LogP contribution in [0.4, 0.5) is 0 Å². The molecule has 1 unspecified atom stereocenters. The number of carbonyl (C=O) groups is 3. The van der Waals surface area contributed by atoms with Crippen molar-refractivity contribution in [1.29, 1.82) is 0 Å². The predicted molar refractivity (Wildman–Crippen MR) is 102 cm³/mol. The molecule has 0 saturated carbocycles. The van der Waals surface area contributed by atoms with Crippen LogP contribution in [0.15, 0.2) is 42.6 Å². The third kappa shape index (κ3) is 3.70. The summed E-state index contributed by atoms with van der Waals surface area (Å²) < 4.78 is 4.04. The number of ketones is 1. The second-order valence-electron chi connectivity index (χ2n) is 6.35. The number of hydrogen-bond acceptors (Lipinski definition) is 5. The van der Waals surface area contributed by atoms with Crippen molar-refractivity contribution in [3.63, 3.8) is 0 Å². The molecule has 0 saturated heterocycles. The molecule has 0 spiro atoms. The summed E-state index contributed by atoms with van der Waals surface area (Å²) in [7, 11) is 1.34. The Hall–Kier alpha value is -2.08. The maximum atomic E-state index is 13.1. The fraction of sp³-hybridized carbons (Fsp3) is 0.450. The van der Waals surface area contributed by atoms with Crippen LogP contribution in [0, 0.1) is 11.8 Å². The van der Waals surface area contributed by atoms with Gasteiger partial charge in [-0.1, -0.05) is 43.3 Å². The Balaban J connectivity index is 2.42. The van der Waals surface area contributed by atoms with Gasteiger partial charge in [0.2, 0.25) is 5.91 Å². The lowest BCUT2D eigenvalue weighted by Crippen LogP contribution is -2.53. The molecule has 0 fully saturated rings. The normalized spacial score (nSPS) is 22.0. The number of Topliss-reactive ketones (excluding diaryl/α,β-unsaturated/α-hetero) is 1. The highest BCUT2D eigenvalue weighted by Crippen LogP contribution is 2.43. The van der Waals surface area contributed by atoms with Crippen molar-refractivity contribution < 1.29 is 19.1 Å². The second-order valence-corrected chi connectivity index (χ2v) is 7.48. The number of nitrogens with zero attached hydrogens (tertiary/aromatic N) is 1. The minimum Gasteiger partial charge on any atom is -0.468 e. The zero-order valence-electron chi connectivity index (χ0n) is 15.6. The predicted octanol–water partition coefficient (Wildman–Crippen LogP) is 3.05. The molecule has 140 valence electrons. The molecule has 26 heavy (non-hydrogen) atoms. The van der Waals surface area contributed by atoms with Gasteiger partial charge in [-0.2, -0.15) is 0 Å². The minimum absolute atomic E-state index is 0.238. The Kier molecular flexibility index (Phi) is 6.64. The molecular weight excluding hydrogens is 350 g/mol. The maximum absolute atomic E-state index is 13.1. The molecule has 2 rings (SSSR count). The molecule has 1 aliphatic rings. The van der Waals surface area contributed by atoms with E-state index in [1.165, 1.54) is 25.8 Å². The van der Waals surface area contributed by atoms with Crippen molar-refractivity contribution in [2.45, 2.75) is 31.6 Å². The number of carbonyl (C=O) groups excluding carboxylic acids is 3. The molecule has 5 nitrogen and oxygen atoms in total. The topological polar surface area (TPSA) is 63.7 Å². The summed E-state index contributed by atoms with van der Waals surface area (Å²) in [6, 6.07) is 9.60. The highest BCUT2D eigenvalue weighted by atomic mass is 32.2. The Labute approximate surface area is 158 Å². The van der Waals surface area contributed by atoms with E-state index in [4.69, 9.17) is 4.74 Å². The maximum Gasteiger partial charge on any atom is 0.322 e. The van der Waals surface area contributed by atoms with Gasteiger partial charge < -0.3 is 9.64 Å². The van der Waals surface area contributed by atoms with Gasteiger partial charge in [0.25, 0.3) is 0 Å². The standard InChI is InChI=1S/C20H25NO4S/c1-5-20(26-4,19(24)25-3)16-11-12-21(18(23)17(16)14(2)22)13-15-9-7-6-8-10-15/h6-12,16-17H,5,13H2,1-4H3/t16-,17+,20?/m0/s1. The zero-order chi connectivity index (χ0) is 19.3. The summed E-state index contributed by atoms with van der Waals surface area (Å²) in [5.41, 5.74) is 0.978. The molecule has 1 amide bonds. The molecule has 1 heterocycles. The van der Waals surface area contributed by atoms with Crippen LogP contribution >= 0.6 is 11.8 Å². The average molecular weight is 375 g/mol. The van der Waals surface area contributed by atoms with Crippen LogP contribution in [0.25, 0.3) is 0 Å². The lowest BCUT2D eigenvalue weighted by Gasteiger charge is -2.41. The summed E-state index contributed by atoms with van der Waals surface area (Å²) in [5, 5.41) is 0. The number of amides is 1. The monoisotopic (exact) mass is 375 g/mol. The van der Waals surface area contributed by atoms with Gasteiger partial charge in [0.15, 0.2) is 0 Å². The van der Waals surface area contributed by atoms with Crippen molar-refractivity contribution in [2.24, 2.45) is 11.8 Å². The molecule has 0 bridgehead atoms. The number of ether oxygens (including phenoxy) is 1. The highest BCUT2D eigenvalue weighted by molar-refractivity contribution is 8.00. The summed E-state index contributed by atoms with van der Waals surface area (Å²) in [4.78, 5) is 39.5. The van der Waals surface area contributed by atoms with Gasteiger partial charge in [0.05, 0.1) is 13.7 Å². The zero-order valence-corrected chi connectivity index (χ0v) is 16.4. The van der Waals surface area contributed by atoms with E-state index in [1.54, 1.807) is 11.1 Å². The van der Waals surface area contributed by atoms with Gasteiger partial charge in [-0.05, 0) is 25.2 Å². The Morgan fingerprint density at radius 1 is 1.27 bits per heavy atom. The molecule has 1 aromatic carbocycles. The van der Waals surface area contributed by atoms with E-state index in [2.05, 4.69) is 0 Å². The van der Waals surface area contributed by atoms with Gasteiger partial charge in [0.1, 0.15) is 16.4 Å². The number of esters is 1. The van der Waals surface area contributed by atoms with E-state index in [1.807, 2.05) is 49.6 Å². The largest absolute Gasteiger partial charge is 0.468 e. The first-order valence-corrected chi connectivity index (χ1v) is 9.80. The summed E-state index contributed by atoms with van der Waals surface area (Å²) in [6.07, 6.45) is 5.79. The van der Waals surface area contributed by atoms with E-state index in [9.17, 15) is 14.4 Å². The third-order valence-corrected chi connectivity index (χ3v) is 6.43. The number of rotatable bonds is 7. The smallest absolute Gasteiger partial charge is 0.322 e. The van der Waals surface area contributed by atoms with E-state index < -0.39 is 22.6 Å². The molecule has 0 aliphatic carbocycles. The van der Waals surface area contributed by atoms with Crippen LogP contribution < -0.4 is 0 Å². The Morgan fingerprint density at radius 2 is 1.92 bits per heavy atom. The fourth-order valence-electron chi connectivity index (χ4n) is 3.53. The van der Waals surface area contributed by atoms with E-state index in [0.29, 0.717) is 13.0 Å². The fourth-order valence-corrected chi connectivity index (χ4v) is 4.55. The van der Waals surface area contributed by atoms with Crippen molar-refractivity contribution in [2.75, 3.05) is 13.4 Å². The van der Waals surface area contributed by atoms with Gasteiger partial charge in [0, 0.05) is 12.1 Å². The van der Waals surface area contributed by atoms with Crippen molar-refractivity contribution in [3.8, 4) is 0 Å². The Morgan fingerprint density at radius 3 is 2.42 bits per heavy atom. The van der Waals surface area contributed by atoms with Crippen LogP contribution in [-0.2, 0) is 25.7 Å². The first kappa shape index (κ1) is 20.2. The quantitative estimate of drug-likeness (QED) is 0.541. The molecule has 0 radical (unpaired) electrons. The van der Waals surface area contributed by atoms with Crippen molar-refractivity contribution in [1.82, 2.24) is 4.90 Å². The molecular formula is C20H25NO4S. The number of methoxy groups -OCH3 is 1. The van der Waals surface area contributed by atoms with Crippen LogP contribution in [0.3, 0.4) is 0 Å². The van der Waals surface area contributed by atoms with Gasteiger partial charge >= 0.3 is 5.97 Å². The number of thioether (sulfide) groups is 1. The van der Waals surface area contributed by atoms with E-state index in [0.717, 1.165) is 5.56 Å². The minimum atomic E-state index is -0.962. The Bertz CT molecular complexity index is 697. The SMILES string of the molecule is CCC(SC)(C(=O)OC)[C@H]1C=CN(Cc2ccccc2)C(=O)[C@@H]1C(C)=O. The molecule has 0 aromatic heterocycles. The lowest BCUT2D eigenvalue weighted by molar-refractivity contribution is -0.148. The van der Waals surface area contributed by atoms with Gasteiger partial charge in [-0.25, -0.2) is 0 Å². The number of allylic oxidation sites excluding steroid dienone is 1. The van der Waals surface area contributed by atoms with Crippen LogP contribution in [-0.4, -0.2) is 40.7 Å². The van der Waals surface area contributed by atoms with Crippen LogP contribution in [0.5, 0.6) is 0 Å². The van der Waals surface area contributed by atoms with Crippen molar-refractivity contribution >= 4 is 29.4 Å². The third-order valence-electron chi connectivity index (χ3n) is 4.97. The van der Waals surface area contributed by atoms with Crippen LogP contribution in [0.2, 0.25) is 0 Å². The molecule has 1 aromatic rings. The first-order chi connectivity index (χ1) is 12.4. The summed E-state index contributed by atoms with van der Waals surface area (Å²) in [5.74, 6) is -2.34. The van der Waals surface area contributed by atoms with E-state index in [-0.39, 0.29) is 11.7 Å². The molecule has 3 atom stereocenters. The number of benzene rings is 1. The van der Waals surface area contributed by atoms with E-state index >= 15 is 0 Å². The summed E-state index contributed by atoms with van der Waals surface area (Å²) in [6.45, 7) is 3.68. The average Bonchev–Trinajstić information content (AvgIpc) is 2.65. The van der Waals surface area contributed by atoms with Gasteiger partial charge in [-0.15, -0.1) is 11.8 Å². The summed E-state index contributed by atoms with van der Waals surface area (Å²) >= 11 is 1.34. The number of hydrogen-bond donors (Lipinski definition) is 0. The van der Waals surface area contributed by atoms with Crippen molar-refractivity contribution in [3.05, 3.63) is 48.2 Å². The highest BCUT2D eigenvalue weighted by Gasteiger charge is 2.52. The molecule has 1 aliphatic heterocycles. The molecule has 0 N–H and O–H groups in total. The first-order valence-electron chi connectivity index (χ1n) is 8.58. The van der Waals surface area contributed by atoms with Gasteiger partial charge in [-0.3, -0.25) is 14.4 Å². The second kappa shape index (κ2) is 8.54. The molecule has 6 heteroatoms.